The molecule has 1 saturated carbocycles. The third-order valence-electron chi connectivity index (χ3n) is 3.47. The van der Waals surface area contributed by atoms with Crippen molar-refractivity contribution in [3.63, 3.8) is 0 Å². The Morgan fingerprint density at radius 2 is 2.14 bits per heavy atom. The van der Waals surface area contributed by atoms with Crippen LogP contribution in [0, 0.1) is 5.92 Å². The number of primary sulfonamides is 1. The lowest BCUT2D eigenvalue weighted by atomic mass is 10.1. The first-order valence-electron chi connectivity index (χ1n) is 6.84. The number of carbonyl (C=O) groups excluding carboxylic acids is 1. The van der Waals surface area contributed by atoms with Gasteiger partial charge < -0.3 is 10.1 Å². The summed E-state index contributed by atoms with van der Waals surface area (Å²) in [6, 6.07) is 4.44. The minimum Gasteiger partial charge on any atom is -0.380 e. The van der Waals surface area contributed by atoms with E-state index in [0.717, 1.165) is 12.3 Å². The van der Waals surface area contributed by atoms with Crippen molar-refractivity contribution < 1.29 is 17.9 Å². The molecule has 0 bridgehead atoms. The average molecular weight is 312 g/mol. The van der Waals surface area contributed by atoms with Gasteiger partial charge in [-0.15, -0.1) is 0 Å². The summed E-state index contributed by atoms with van der Waals surface area (Å²) >= 11 is 0. The smallest absolute Gasteiger partial charge is 0.251 e. The zero-order valence-corrected chi connectivity index (χ0v) is 12.8. The van der Waals surface area contributed by atoms with Crippen LogP contribution >= 0.6 is 0 Å². The minimum atomic E-state index is -3.90. The summed E-state index contributed by atoms with van der Waals surface area (Å²) < 4.78 is 28.2. The molecule has 1 aliphatic carbocycles. The summed E-state index contributed by atoms with van der Waals surface area (Å²) in [6.45, 7) is 0.726. The predicted octanol–water partition coefficient (Wildman–Crippen LogP) is 1.01. The molecule has 0 unspecified atom stereocenters. The van der Waals surface area contributed by atoms with Gasteiger partial charge in [0.25, 0.3) is 5.91 Å². The van der Waals surface area contributed by atoms with E-state index in [-0.39, 0.29) is 23.0 Å². The Kier molecular flexibility index (Phi) is 4.97. The summed E-state index contributed by atoms with van der Waals surface area (Å²) in [6.07, 6.45) is 3.43. The van der Waals surface area contributed by atoms with Gasteiger partial charge in [-0.2, -0.15) is 0 Å². The topological polar surface area (TPSA) is 98.5 Å². The molecule has 1 amide bonds. The monoisotopic (exact) mass is 312 g/mol. The quantitative estimate of drug-likeness (QED) is 0.785. The first kappa shape index (κ1) is 15.9. The van der Waals surface area contributed by atoms with E-state index in [9.17, 15) is 13.2 Å². The van der Waals surface area contributed by atoms with Gasteiger partial charge in [-0.1, -0.05) is 18.9 Å². The highest BCUT2D eigenvalue weighted by atomic mass is 32.2. The fourth-order valence-corrected chi connectivity index (χ4v) is 2.92. The highest BCUT2D eigenvalue weighted by Gasteiger charge is 2.21. The Balaban J connectivity index is 2.13. The van der Waals surface area contributed by atoms with E-state index in [0.29, 0.717) is 12.1 Å². The van der Waals surface area contributed by atoms with Gasteiger partial charge in [0.2, 0.25) is 10.0 Å². The van der Waals surface area contributed by atoms with Crippen LogP contribution in [0.15, 0.2) is 23.1 Å². The molecule has 0 saturated heterocycles. The van der Waals surface area contributed by atoms with Crippen LogP contribution in [0.5, 0.6) is 0 Å². The van der Waals surface area contributed by atoms with Gasteiger partial charge >= 0.3 is 0 Å². The average Bonchev–Trinajstić information content (AvgIpc) is 3.22. The molecular formula is C14H20N2O4S. The van der Waals surface area contributed by atoms with Crippen molar-refractivity contribution in [1.29, 1.82) is 0 Å². The molecule has 0 atom stereocenters. The molecule has 1 aliphatic rings. The number of hydrogen-bond donors (Lipinski definition) is 2. The van der Waals surface area contributed by atoms with E-state index >= 15 is 0 Å². The van der Waals surface area contributed by atoms with E-state index < -0.39 is 10.0 Å². The third kappa shape index (κ3) is 4.52. The van der Waals surface area contributed by atoms with Crippen LogP contribution in [-0.2, 0) is 21.4 Å². The number of carbonyl (C=O) groups is 1. The fourth-order valence-electron chi connectivity index (χ4n) is 2.13. The maximum absolute atomic E-state index is 12.0. The Morgan fingerprint density at radius 3 is 2.71 bits per heavy atom. The van der Waals surface area contributed by atoms with Crippen LogP contribution in [0.1, 0.15) is 35.2 Å². The number of sulfonamides is 1. The van der Waals surface area contributed by atoms with Crippen LogP contribution in [-0.4, -0.2) is 28.0 Å². The normalized spacial score (nSPS) is 15.0. The van der Waals surface area contributed by atoms with Gasteiger partial charge in [-0.05, 0) is 30.0 Å². The van der Waals surface area contributed by atoms with Crippen molar-refractivity contribution in [3.05, 3.63) is 29.3 Å². The molecule has 21 heavy (non-hydrogen) atoms. The molecule has 7 heteroatoms. The van der Waals surface area contributed by atoms with E-state index in [2.05, 4.69) is 5.32 Å². The number of amides is 1. The van der Waals surface area contributed by atoms with Crippen molar-refractivity contribution in [2.75, 3.05) is 13.7 Å². The molecule has 0 aromatic heterocycles. The van der Waals surface area contributed by atoms with Gasteiger partial charge in [0.15, 0.2) is 0 Å². The van der Waals surface area contributed by atoms with Crippen molar-refractivity contribution >= 4 is 15.9 Å². The molecular weight excluding hydrogens is 292 g/mol. The zero-order valence-electron chi connectivity index (χ0n) is 12.0. The molecule has 1 fully saturated rings. The molecule has 2 rings (SSSR count). The lowest BCUT2D eigenvalue weighted by Crippen LogP contribution is -2.25. The molecule has 0 heterocycles. The Bertz CT molecular complexity index is 624. The number of rotatable bonds is 7. The van der Waals surface area contributed by atoms with Crippen LogP contribution in [0.4, 0.5) is 0 Å². The summed E-state index contributed by atoms with van der Waals surface area (Å²) in [7, 11) is -2.43. The molecule has 0 radical (unpaired) electrons. The number of benzene rings is 1. The second-order valence-corrected chi connectivity index (χ2v) is 6.82. The largest absolute Gasteiger partial charge is 0.380 e. The minimum absolute atomic E-state index is 0.0702. The zero-order chi connectivity index (χ0) is 15.5. The fraction of sp³-hybridized carbons (Fsp3) is 0.500. The van der Waals surface area contributed by atoms with Crippen LogP contribution < -0.4 is 10.5 Å². The number of ether oxygens (including phenoxy) is 1. The van der Waals surface area contributed by atoms with Gasteiger partial charge in [0.1, 0.15) is 0 Å². The predicted molar refractivity (Wildman–Crippen MR) is 78.2 cm³/mol. The number of nitrogens with two attached hydrogens (primary N) is 1. The highest BCUT2D eigenvalue weighted by Crippen LogP contribution is 2.31. The molecule has 116 valence electrons. The first-order valence-corrected chi connectivity index (χ1v) is 8.39. The van der Waals surface area contributed by atoms with Gasteiger partial charge in [-0.3, -0.25) is 4.79 Å². The maximum atomic E-state index is 12.0. The third-order valence-corrected chi connectivity index (χ3v) is 4.46. The highest BCUT2D eigenvalue weighted by molar-refractivity contribution is 7.89. The molecule has 0 spiro atoms. The molecule has 1 aromatic carbocycles. The SMILES string of the molecule is COCc1ccc(C(=O)NCCC2CC2)cc1S(N)(=O)=O. The standard InChI is InChI=1S/C14H20N2O4S/c1-20-9-12-5-4-11(8-13(12)21(15,18)19)14(17)16-7-6-10-2-3-10/h4-5,8,10H,2-3,6-7,9H2,1H3,(H,16,17)(H2,15,18,19). The van der Waals surface area contributed by atoms with Crippen molar-refractivity contribution in [2.45, 2.75) is 30.8 Å². The molecule has 1 aromatic rings. The molecule has 6 nitrogen and oxygen atoms in total. The summed E-state index contributed by atoms with van der Waals surface area (Å²) in [5.41, 5.74) is 0.726. The number of hydrogen-bond acceptors (Lipinski definition) is 4. The lowest BCUT2D eigenvalue weighted by Gasteiger charge is -2.10. The summed E-state index contributed by atoms with van der Waals surface area (Å²) in [4.78, 5) is 11.9. The lowest BCUT2D eigenvalue weighted by molar-refractivity contribution is 0.0952. The second-order valence-electron chi connectivity index (χ2n) is 5.29. The summed E-state index contributed by atoms with van der Waals surface area (Å²) in [5, 5.41) is 7.98. The van der Waals surface area contributed by atoms with E-state index in [1.54, 1.807) is 12.1 Å². The van der Waals surface area contributed by atoms with Crippen molar-refractivity contribution in [2.24, 2.45) is 11.1 Å². The van der Waals surface area contributed by atoms with E-state index in [4.69, 9.17) is 9.88 Å². The summed E-state index contributed by atoms with van der Waals surface area (Å²) in [5.74, 6) is 0.443. The van der Waals surface area contributed by atoms with Crippen LogP contribution in [0.3, 0.4) is 0 Å². The first-order chi connectivity index (χ1) is 9.91. The van der Waals surface area contributed by atoms with E-state index in [1.165, 1.54) is 26.0 Å². The molecule has 3 N–H and O–H groups in total. The van der Waals surface area contributed by atoms with Gasteiger partial charge in [0.05, 0.1) is 11.5 Å². The van der Waals surface area contributed by atoms with Gasteiger partial charge in [0, 0.05) is 19.2 Å². The Hall–Kier alpha value is -1.44. The molecule has 0 aliphatic heterocycles. The Morgan fingerprint density at radius 1 is 1.43 bits per heavy atom. The van der Waals surface area contributed by atoms with Gasteiger partial charge in [-0.25, -0.2) is 13.6 Å². The van der Waals surface area contributed by atoms with Crippen molar-refractivity contribution in [1.82, 2.24) is 5.32 Å². The van der Waals surface area contributed by atoms with Crippen LogP contribution in [0.25, 0.3) is 0 Å². The number of nitrogens with one attached hydrogen (secondary N) is 1. The second kappa shape index (κ2) is 6.55. The van der Waals surface area contributed by atoms with Crippen LogP contribution in [0.2, 0.25) is 0 Å². The number of methoxy groups -OCH3 is 1. The maximum Gasteiger partial charge on any atom is 0.251 e. The Labute approximate surface area is 124 Å². The van der Waals surface area contributed by atoms with E-state index in [1.807, 2.05) is 0 Å². The van der Waals surface area contributed by atoms with Crippen molar-refractivity contribution in [3.8, 4) is 0 Å².